The average molecular weight is 763 g/mol. The van der Waals surface area contributed by atoms with E-state index in [-0.39, 0.29) is 10.8 Å². The second kappa shape index (κ2) is 18.5. The van der Waals surface area contributed by atoms with E-state index in [1.165, 1.54) is 211 Å². The zero-order valence-corrected chi connectivity index (χ0v) is 35.7. The van der Waals surface area contributed by atoms with Crippen LogP contribution < -0.4 is 0 Å². The maximum Gasteiger partial charge on any atom is 0.112 e. The van der Waals surface area contributed by atoms with Gasteiger partial charge < -0.3 is 0 Å². The Labute approximate surface area is 335 Å². The van der Waals surface area contributed by atoms with E-state index < -0.39 is 0 Å². The topological polar surface area (TPSA) is 51.6 Å². The van der Waals surface area contributed by atoms with Gasteiger partial charge in [0.2, 0.25) is 0 Å². The molecular weight excluding hydrogens is 697 g/mol. The number of hydrogen-bond acceptors (Lipinski definition) is 6. The fraction of sp³-hybridized carbons (Fsp3) is 0.625. The molecule has 0 fully saturated rings. The number of nitrogens with zero attached hydrogens (tertiary/aromatic N) is 4. The molecule has 0 unspecified atom stereocenters. The van der Waals surface area contributed by atoms with Crippen molar-refractivity contribution in [2.75, 3.05) is 0 Å². The molecule has 290 valence electrons. The van der Waals surface area contributed by atoms with Crippen molar-refractivity contribution in [1.29, 1.82) is 0 Å². The highest BCUT2D eigenvalue weighted by Gasteiger charge is 2.49. The molecular formula is C48H66N4S2. The largest absolute Gasteiger partial charge is 0.173 e. The van der Waals surface area contributed by atoms with Gasteiger partial charge in [-0.3, -0.25) is 0 Å². The van der Waals surface area contributed by atoms with E-state index >= 15 is 0 Å². The number of aromatic nitrogens is 4. The minimum Gasteiger partial charge on any atom is -0.173 e. The van der Waals surface area contributed by atoms with Crippen LogP contribution in [-0.2, 0) is 10.8 Å². The molecule has 2 aliphatic carbocycles. The molecule has 2 aromatic heterocycles. The third-order valence-electron chi connectivity index (χ3n) is 13.4. The van der Waals surface area contributed by atoms with Crippen LogP contribution in [0, 0.1) is 0 Å². The molecule has 6 heteroatoms. The molecule has 0 bridgehead atoms. The van der Waals surface area contributed by atoms with E-state index in [0.29, 0.717) is 0 Å². The van der Waals surface area contributed by atoms with Crippen molar-refractivity contribution >= 4 is 45.5 Å². The number of fused-ring (bicyclic) bond motifs is 10. The van der Waals surface area contributed by atoms with Gasteiger partial charge in [-0.15, -0.1) is 0 Å². The molecule has 5 aromatic rings. The summed E-state index contributed by atoms with van der Waals surface area (Å²) in [7, 11) is 0. The summed E-state index contributed by atoms with van der Waals surface area (Å²) in [6.07, 6.45) is 31.0. The van der Waals surface area contributed by atoms with Gasteiger partial charge in [0, 0.05) is 22.0 Å². The summed E-state index contributed by atoms with van der Waals surface area (Å²) in [6.45, 7) is 9.33. The standard InChI is InChI=1S/C48H66N4S2/c1-5-9-13-17-21-29-47(30-22-18-14-10-6-2)37-25-27-41-45(51-53-49-41)43(37)35-34-40-36(33-39(35)47)44-38(26-28-42-46(44)52-54-50-42)48(40,31-23-19-15-11-7-3)32-24-20-16-12-8-4/h25-28,33-34H,5-24,29-32H2,1-4H3. The first-order valence-electron chi connectivity index (χ1n) is 22.3. The predicted octanol–water partition coefficient (Wildman–Crippen LogP) is 15.7. The van der Waals surface area contributed by atoms with Gasteiger partial charge >= 0.3 is 0 Å². The molecule has 0 spiro atoms. The fourth-order valence-corrected chi connectivity index (χ4v) is 11.7. The Morgan fingerprint density at radius 2 is 0.722 bits per heavy atom. The predicted molar refractivity (Wildman–Crippen MR) is 234 cm³/mol. The molecule has 3 aromatic carbocycles. The van der Waals surface area contributed by atoms with Gasteiger partial charge in [-0.1, -0.05) is 168 Å². The van der Waals surface area contributed by atoms with Crippen LogP contribution in [0.15, 0.2) is 36.4 Å². The van der Waals surface area contributed by atoms with Crippen molar-refractivity contribution in [3.05, 3.63) is 58.7 Å². The van der Waals surface area contributed by atoms with E-state index in [1.807, 2.05) is 0 Å². The highest BCUT2D eigenvalue weighted by molar-refractivity contribution is 7.00. The summed E-state index contributed by atoms with van der Waals surface area (Å²) in [4.78, 5) is 0. The van der Waals surface area contributed by atoms with Crippen LogP contribution in [0.25, 0.3) is 44.3 Å². The van der Waals surface area contributed by atoms with Gasteiger partial charge in [-0.25, -0.2) is 0 Å². The Morgan fingerprint density at radius 1 is 0.389 bits per heavy atom. The summed E-state index contributed by atoms with van der Waals surface area (Å²) in [5, 5.41) is 0. The van der Waals surface area contributed by atoms with E-state index in [1.54, 1.807) is 11.1 Å². The third kappa shape index (κ3) is 7.57. The zero-order chi connectivity index (χ0) is 37.4. The summed E-state index contributed by atoms with van der Waals surface area (Å²) in [5.41, 5.74) is 16.3. The molecule has 0 saturated heterocycles. The number of hydrogen-bond donors (Lipinski definition) is 0. The smallest absolute Gasteiger partial charge is 0.112 e. The van der Waals surface area contributed by atoms with Crippen molar-refractivity contribution in [3.8, 4) is 22.3 Å². The summed E-state index contributed by atoms with van der Waals surface area (Å²) in [6, 6.07) is 15.0. The van der Waals surface area contributed by atoms with Gasteiger partial charge in [-0.05, 0) is 83.3 Å². The lowest BCUT2D eigenvalue weighted by Gasteiger charge is -2.35. The van der Waals surface area contributed by atoms with Gasteiger partial charge in [0.05, 0.1) is 23.5 Å². The molecule has 0 radical (unpaired) electrons. The van der Waals surface area contributed by atoms with Gasteiger partial charge in [0.15, 0.2) is 0 Å². The Balaban J connectivity index is 1.42. The van der Waals surface area contributed by atoms with Gasteiger partial charge in [-0.2, -0.15) is 17.5 Å². The zero-order valence-electron chi connectivity index (χ0n) is 34.0. The first kappa shape index (κ1) is 39.5. The maximum atomic E-state index is 5.07. The van der Waals surface area contributed by atoms with Crippen molar-refractivity contribution in [2.24, 2.45) is 0 Å². The SMILES string of the molecule is CCCCCCCC1(CCCCCCC)c2cc3c(cc2-c2c1ccc1nsnc21)C(CCCCCCC)(CCCCCCC)c1ccc2nsnc2c1-3. The molecule has 2 heterocycles. The molecule has 0 saturated carbocycles. The second-order valence-electron chi connectivity index (χ2n) is 17.0. The minimum atomic E-state index is -0.00410. The Bertz CT molecular complexity index is 1800. The third-order valence-corrected chi connectivity index (χ3v) is 14.5. The Kier molecular flexibility index (Phi) is 13.5. The molecule has 2 aliphatic rings. The lowest BCUT2D eigenvalue weighted by atomic mass is 9.68. The lowest BCUT2D eigenvalue weighted by molar-refractivity contribution is 0.395. The van der Waals surface area contributed by atoms with Crippen LogP contribution in [0.4, 0.5) is 0 Å². The van der Waals surface area contributed by atoms with E-state index in [4.69, 9.17) is 17.5 Å². The number of rotatable bonds is 24. The van der Waals surface area contributed by atoms with Crippen molar-refractivity contribution < 1.29 is 0 Å². The Hall–Kier alpha value is -2.70. The first-order chi connectivity index (χ1) is 26.6. The maximum absolute atomic E-state index is 5.07. The molecule has 0 amide bonds. The van der Waals surface area contributed by atoms with Gasteiger partial charge in [0.25, 0.3) is 0 Å². The van der Waals surface area contributed by atoms with Crippen LogP contribution in [0.2, 0.25) is 0 Å². The van der Waals surface area contributed by atoms with Crippen LogP contribution in [0.3, 0.4) is 0 Å². The normalized spacial score (nSPS) is 14.9. The Morgan fingerprint density at radius 3 is 1.06 bits per heavy atom. The molecule has 0 atom stereocenters. The van der Waals surface area contributed by atoms with Crippen molar-refractivity contribution in [3.63, 3.8) is 0 Å². The number of unbranched alkanes of at least 4 members (excludes halogenated alkanes) is 16. The summed E-state index contributed by atoms with van der Waals surface area (Å²) < 4.78 is 19.8. The monoisotopic (exact) mass is 762 g/mol. The average Bonchev–Trinajstić information content (AvgIpc) is 3.97. The van der Waals surface area contributed by atoms with Crippen LogP contribution in [0.1, 0.15) is 204 Å². The summed E-state index contributed by atoms with van der Waals surface area (Å²) >= 11 is 2.77. The minimum absolute atomic E-state index is 0.00410. The van der Waals surface area contributed by atoms with E-state index in [0.717, 1.165) is 22.1 Å². The lowest BCUT2D eigenvalue weighted by Crippen LogP contribution is -2.27. The molecule has 54 heavy (non-hydrogen) atoms. The molecule has 0 aliphatic heterocycles. The van der Waals surface area contributed by atoms with E-state index in [2.05, 4.69) is 64.1 Å². The van der Waals surface area contributed by atoms with Crippen LogP contribution in [-0.4, -0.2) is 17.5 Å². The molecule has 4 nitrogen and oxygen atoms in total. The van der Waals surface area contributed by atoms with Crippen molar-refractivity contribution in [2.45, 2.75) is 193 Å². The van der Waals surface area contributed by atoms with E-state index in [9.17, 15) is 0 Å². The van der Waals surface area contributed by atoms with Gasteiger partial charge in [0.1, 0.15) is 22.1 Å². The summed E-state index contributed by atoms with van der Waals surface area (Å²) in [5.74, 6) is 0. The highest BCUT2D eigenvalue weighted by atomic mass is 32.1. The van der Waals surface area contributed by atoms with Crippen molar-refractivity contribution in [1.82, 2.24) is 17.5 Å². The number of benzene rings is 3. The van der Waals surface area contributed by atoms with Crippen LogP contribution >= 0.6 is 23.5 Å². The first-order valence-corrected chi connectivity index (χ1v) is 23.8. The van der Waals surface area contributed by atoms with Crippen LogP contribution in [0.5, 0.6) is 0 Å². The fourth-order valence-electron chi connectivity index (χ4n) is 10.6. The highest BCUT2D eigenvalue weighted by Crippen LogP contribution is 2.62. The quantitative estimate of drug-likeness (QED) is 0.0588. The molecule has 7 rings (SSSR count). The molecule has 0 N–H and O–H groups in total. The second-order valence-corrected chi connectivity index (χ2v) is 18.1.